The molecule has 6 unspecified atom stereocenters. The topological polar surface area (TPSA) is 226 Å². The van der Waals surface area contributed by atoms with Crippen molar-refractivity contribution in [3.05, 3.63) is 166 Å². The van der Waals surface area contributed by atoms with Crippen molar-refractivity contribution in [2.45, 2.75) is 141 Å². The third kappa shape index (κ3) is 17.7. The van der Waals surface area contributed by atoms with Gasteiger partial charge in [-0.1, -0.05) is 96.5 Å². The van der Waals surface area contributed by atoms with E-state index in [0.29, 0.717) is 66.7 Å². The molecule has 5 amide bonds. The predicted molar refractivity (Wildman–Crippen MR) is 422 cm³/mol. The SMILES string of the molecule is COCN(C(=O)C(CC(F)(F)F)N(C)C(=O)c1cc(Oc2ccc(C)cc2)c2c3c(Oc4ccc(C)cc4)cc4c5c(cc(Oc6ccc(C)cc6)c(c6c(Oc7ccc(C)cc7)cc(C=O)c1c62)c53)C(=O)N(C(CC(F)(F)F)C(=O)N(COC)C1CCCC(C[Si](OC)(OC)OC)C1)C4=O)C1CCCC(C[Si](OC)(OC)OC)C1. The zero-order chi connectivity index (χ0) is 82.8. The van der Waals surface area contributed by atoms with Crippen molar-refractivity contribution in [3.8, 4) is 46.0 Å². The minimum Gasteiger partial charge on any atom is -0.457 e. The Kier molecular flexibility index (Phi) is 25.9. The van der Waals surface area contributed by atoms with E-state index in [1.165, 1.54) is 86.0 Å². The molecule has 0 saturated heterocycles. The standard InChI is InChI=1S/C85H94F6N4O18Si2/c1-49-20-28-58(29-21-49)110-67-38-55(44-96)71-62(79(97)92(5)65(42-84(86,87)88)82(100)93(47-102-6)56-18-14-16-53(36-56)45-114(104-8,105-9)106-10)39-68(111-59-30-22-50(2)23-31-59)74-76-70(113-61-34-26-52(4)27-35-61)41-64-72-63(40-69(75(78(72)76)73(67)77(71)74)112-60-32-24-51(3)25-33-60)80(98)95(81(64)99)66(43-85(89,90)91)83(101)94(48-103-7)57-19-15-17-54(37-57)46-115(107-11,108-12)109-13/h20-35,38-41,44,53-54,56-57,65-66H,14-19,36-37,42-43,45-48H2,1-13H3. The molecule has 0 aromatic heterocycles. The number of hydrogen-bond donors (Lipinski definition) is 0. The zero-order valence-corrected chi connectivity index (χ0v) is 68.4. The molecular weight excluding hydrogens is 1540 g/mol. The summed E-state index contributed by atoms with van der Waals surface area (Å²) in [5.41, 5.74) is 1.53. The lowest BCUT2D eigenvalue weighted by molar-refractivity contribution is -0.164. The lowest BCUT2D eigenvalue weighted by Gasteiger charge is -2.42. The average molecular weight is 1630 g/mol. The van der Waals surface area contributed by atoms with Gasteiger partial charge in [-0.3, -0.25) is 33.7 Å². The van der Waals surface area contributed by atoms with E-state index in [-0.39, 0.29) is 119 Å². The van der Waals surface area contributed by atoms with Crippen LogP contribution in [0.3, 0.4) is 0 Å². The first-order valence-corrected chi connectivity index (χ1v) is 41.7. The summed E-state index contributed by atoms with van der Waals surface area (Å²) in [5.74, 6) is -7.05. The molecule has 3 aliphatic rings. The van der Waals surface area contributed by atoms with Crippen LogP contribution in [0.25, 0.3) is 43.1 Å². The summed E-state index contributed by atoms with van der Waals surface area (Å²) in [5, 5.41) is -0.704. The number of carbonyl (C=O) groups is 6. The maximum atomic E-state index is 16.6. The van der Waals surface area contributed by atoms with Crippen LogP contribution in [0.5, 0.6) is 46.0 Å². The highest BCUT2D eigenvalue weighted by Gasteiger charge is 2.52. The number of fused-ring (bicyclic) bond motifs is 2. The van der Waals surface area contributed by atoms with Gasteiger partial charge in [0.1, 0.15) is 71.5 Å². The van der Waals surface area contributed by atoms with Crippen molar-refractivity contribution < 1.29 is 110 Å². The van der Waals surface area contributed by atoms with Crippen LogP contribution >= 0.6 is 0 Å². The highest BCUT2D eigenvalue weighted by molar-refractivity contribution is 6.61. The van der Waals surface area contributed by atoms with E-state index >= 15 is 50.3 Å². The highest BCUT2D eigenvalue weighted by Crippen LogP contribution is 2.58. The number of rotatable bonds is 32. The molecule has 12 rings (SSSR count). The average Bonchev–Trinajstić information content (AvgIpc) is 0.674. The van der Waals surface area contributed by atoms with Crippen molar-refractivity contribution in [1.29, 1.82) is 0 Å². The molecule has 2 aliphatic carbocycles. The van der Waals surface area contributed by atoms with Crippen LogP contribution in [0.1, 0.15) is 128 Å². The Morgan fingerprint density at radius 2 is 0.817 bits per heavy atom. The molecule has 115 heavy (non-hydrogen) atoms. The number of benzene rings is 9. The minimum atomic E-state index is -5.22. The van der Waals surface area contributed by atoms with E-state index in [9.17, 15) is 4.79 Å². The molecule has 6 atom stereocenters. The largest absolute Gasteiger partial charge is 0.500 e. The summed E-state index contributed by atoms with van der Waals surface area (Å²) in [6, 6.07) is 26.1. The van der Waals surface area contributed by atoms with Gasteiger partial charge in [0, 0.05) is 137 Å². The normalized spacial score (nSPS) is 17.5. The smallest absolute Gasteiger partial charge is 0.457 e. The van der Waals surface area contributed by atoms with E-state index in [1.54, 1.807) is 97.1 Å². The van der Waals surface area contributed by atoms with Gasteiger partial charge < -0.3 is 69.7 Å². The Morgan fingerprint density at radius 3 is 1.17 bits per heavy atom. The Hall–Kier alpha value is -9.61. The maximum Gasteiger partial charge on any atom is 0.500 e. The summed E-state index contributed by atoms with van der Waals surface area (Å²) in [7, 11) is 5.90. The van der Waals surface area contributed by atoms with Crippen molar-refractivity contribution in [2.75, 3.05) is 77.4 Å². The number of likely N-dealkylation sites (N-methyl/N-ethyl adjacent to an activating group) is 1. The van der Waals surface area contributed by atoms with E-state index in [4.69, 9.17) is 55.0 Å². The number of ether oxygens (including phenoxy) is 6. The van der Waals surface area contributed by atoms with Gasteiger partial charge in [-0.05, 0) is 138 Å². The van der Waals surface area contributed by atoms with Crippen molar-refractivity contribution >= 4 is 96.5 Å². The van der Waals surface area contributed by atoms with E-state index in [1.807, 2.05) is 27.7 Å². The number of aldehydes is 1. The third-order valence-corrected chi connectivity index (χ3v) is 28.3. The minimum absolute atomic E-state index is 0.0358. The quantitative estimate of drug-likeness (QED) is 0.00726. The number of hydrogen-bond acceptors (Lipinski definition) is 18. The number of alkyl halides is 6. The molecule has 0 N–H and O–H groups in total. The van der Waals surface area contributed by atoms with Gasteiger partial charge in [0.15, 0.2) is 6.29 Å². The molecule has 0 radical (unpaired) electrons. The highest BCUT2D eigenvalue weighted by atomic mass is 28.4. The zero-order valence-electron chi connectivity index (χ0n) is 66.4. The van der Waals surface area contributed by atoms with E-state index < -0.39 is 127 Å². The molecular formula is C85H94F6N4O18Si2. The molecule has 612 valence electrons. The Morgan fingerprint density at radius 1 is 0.470 bits per heavy atom. The number of carbonyl (C=O) groups excluding carboxylic acids is 6. The lowest BCUT2D eigenvalue weighted by Crippen LogP contribution is -2.58. The summed E-state index contributed by atoms with van der Waals surface area (Å²) in [4.78, 5) is 99.0. The molecule has 1 heterocycles. The predicted octanol–water partition coefficient (Wildman–Crippen LogP) is 18.0. The number of halogens is 6. The first kappa shape index (κ1) is 84.8. The monoisotopic (exact) mass is 1630 g/mol. The summed E-state index contributed by atoms with van der Waals surface area (Å²) in [6.07, 6.45) is -10.3. The molecule has 22 nitrogen and oxygen atoms in total. The second-order valence-corrected chi connectivity index (χ2v) is 35.9. The van der Waals surface area contributed by atoms with Crippen molar-refractivity contribution in [3.63, 3.8) is 0 Å². The lowest BCUT2D eigenvalue weighted by atomic mass is 9.81. The van der Waals surface area contributed by atoms with Gasteiger partial charge in [-0.15, -0.1) is 0 Å². The van der Waals surface area contributed by atoms with Crippen LogP contribution in [-0.2, 0) is 45.6 Å². The van der Waals surface area contributed by atoms with E-state index in [0.717, 1.165) is 34.2 Å². The Bertz CT molecular complexity index is 4930. The van der Waals surface area contributed by atoms with Crippen LogP contribution in [0.4, 0.5) is 26.3 Å². The Labute approximate surface area is 664 Å². The molecule has 1 aliphatic heterocycles. The van der Waals surface area contributed by atoms with Gasteiger partial charge >= 0.3 is 30.0 Å². The van der Waals surface area contributed by atoms with Gasteiger partial charge in [0.25, 0.3) is 17.7 Å². The number of amides is 5. The van der Waals surface area contributed by atoms with Gasteiger partial charge in [-0.2, -0.15) is 26.3 Å². The number of imide groups is 1. The van der Waals surface area contributed by atoms with Crippen LogP contribution in [0, 0.1) is 39.5 Å². The van der Waals surface area contributed by atoms with Crippen LogP contribution in [0.2, 0.25) is 12.1 Å². The fraction of sp³-hybridized carbons (Fsp3) is 0.412. The van der Waals surface area contributed by atoms with Crippen LogP contribution in [-0.4, -0.2) is 187 Å². The second-order valence-electron chi connectivity index (χ2n) is 29.9. The van der Waals surface area contributed by atoms with Crippen LogP contribution in [0.15, 0.2) is 121 Å². The first-order valence-electron chi connectivity index (χ1n) is 37.8. The summed E-state index contributed by atoms with van der Waals surface area (Å²) in [6.45, 7) is 6.28. The van der Waals surface area contributed by atoms with Gasteiger partial charge in [-0.25, -0.2) is 0 Å². The first-order chi connectivity index (χ1) is 54.9. The fourth-order valence-corrected chi connectivity index (χ4v) is 20.8. The molecule has 2 saturated carbocycles. The number of aryl methyl sites for hydroxylation is 4. The van der Waals surface area contributed by atoms with Crippen molar-refractivity contribution in [1.82, 2.24) is 19.6 Å². The fourth-order valence-electron chi connectivity index (χ4n) is 16.7. The second kappa shape index (κ2) is 35.1. The molecule has 30 heteroatoms. The number of nitrogens with zero attached hydrogens (tertiary/aromatic N) is 4. The molecule has 2 fully saturated rings. The molecule has 9 aromatic rings. The molecule has 0 spiro atoms. The van der Waals surface area contributed by atoms with Gasteiger partial charge in [0.2, 0.25) is 11.8 Å². The number of methoxy groups -OCH3 is 2. The third-order valence-electron chi connectivity index (χ3n) is 22.4. The van der Waals surface area contributed by atoms with Gasteiger partial charge in [0.05, 0.1) is 29.5 Å². The van der Waals surface area contributed by atoms with Crippen molar-refractivity contribution in [2.24, 2.45) is 11.8 Å². The Balaban J connectivity index is 1.17. The van der Waals surface area contributed by atoms with E-state index in [2.05, 4.69) is 0 Å². The summed E-state index contributed by atoms with van der Waals surface area (Å²) >= 11 is 0. The van der Waals surface area contributed by atoms with Crippen LogP contribution < -0.4 is 18.9 Å². The maximum absolute atomic E-state index is 16.6. The molecule has 0 bridgehead atoms. The summed E-state index contributed by atoms with van der Waals surface area (Å²) < 4.78 is 168. The molecule has 9 aromatic carbocycles.